The van der Waals surface area contributed by atoms with Crippen molar-refractivity contribution < 1.29 is 13.2 Å². The molecule has 0 aromatic heterocycles. The highest BCUT2D eigenvalue weighted by molar-refractivity contribution is 5.85. The molecule has 104 valence electrons. The summed E-state index contributed by atoms with van der Waals surface area (Å²) in [7, 11) is 1.47. The van der Waals surface area contributed by atoms with Gasteiger partial charge in [-0.3, -0.25) is 4.99 Å². The zero-order valence-electron chi connectivity index (χ0n) is 11.9. The molecule has 0 fully saturated rings. The van der Waals surface area contributed by atoms with Crippen LogP contribution in [0.4, 0.5) is 13.2 Å². The van der Waals surface area contributed by atoms with E-state index in [-0.39, 0.29) is 11.0 Å². The van der Waals surface area contributed by atoms with Gasteiger partial charge in [-0.05, 0) is 31.3 Å². The molecule has 0 amide bonds. The van der Waals surface area contributed by atoms with Crippen LogP contribution in [-0.2, 0) is 0 Å². The van der Waals surface area contributed by atoms with Gasteiger partial charge in [0.05, 0.1) is 0 Å². The van der Waals surface area contributed by atoms with Gasteiger partial charge in [0.15, 0.2) is 0 Å². The highest BCUT2D eigenvalue weighted by Crippen LogP contribution is 2.32. The van der Waals surface area contributed by atoms with E-state index in [1.165, 1.54) is 13.3 Å². The summed E-state index contributed by atoms with van der Waals surface area (Å²) >= 11 is 0. The standard InChI is InChI=1S/C14H22F3N/c1-7-13(4,5)8-10(2)12(9-18-6)11(3)14(15,16)17/h8-9H,7H2,1-6H3/b10-8+,12-11-,18-9?. The van der Waals surface area contributed by atoms with Crippen molar-refractivity contribution >= 4 is 6.21 Å². The lowest BCUT2D eigenvalue weighted by Crippen LogP contribution is -2.14. The lowest BCUT2D eigenvalue weighted by Gasteiger charge is -2.20. The summed E-state index contributed by atoms with van der Waals surface area (Å²) < 4.78 is 38.3. The number of halogens is 3. The van der Waals surface area contributed by atoms with E-state index in [1.807, 2.05) is 26.8 Å². The van der Waals surface area contributed by atoms with E-state index >= 15 is 0 Å². The molecule has 0 bridgehead atoms. The summed E-state index contributed by atoms with van der Waals surface area (Å²) in [4.78, 5) is 3.72. The largest absolute Gasteiger partial charge is 0.413 e. The first-order chi connectivity index (χ1) is 8.05. The maximum Gasteiger partial charge on any atom is 0.413 e. The van der Waals surface area contributed by atoms with Crippen molar-refractivity contribution in [3.8, 4) is 0 Å². The second-order valence-electron chi connectivity index (χ2n) is 5.09. The fourth-order valence-corrected chi connectivity index (χ4v) is 1.54. The predicted molar refractivity (Wildman–Crippen MR) is 71.0 cm³/mol. The molecule has 0 atom stereocenters. The van der Waals surface area contributed by atoms with Crippen molar-refractivity contribution in [1.29, 1.82) is 0 Å². The van der Waals surface area contributed by atoms with Crippen LogP contribution in [0, 0.1) is 5.41 Å². The van der Waals surface area contributed by atoms with Crippen LogP contribution in [0.15, 0.2) is 27.8 Å². The van der Waals surface area contributed by atoms with Gasteiger partial charge in [0.2, 0.25) is 0 Å². The Kier molecular flexibility index (Phi) is 5.84. The van der Waals surface area contributed by atoms with Crippen molar-refractivity contribution in [2.45, 2.75) is 47.2 Å². The van der Waals surface area contributed by atoms with Crippen LogP contribution < -0.4 is 0 Å². The Bertz CT molecular complexity index is 371. The number of hydrogen-bond donors (Lipinski definition) is 0. The van der Waals surface area contributed by atoms with Crippen LogP contribution in [0.5, 0.6) is 0 Å². The summed E-state index contributed by atoms with van der Waals surface area (Å²) in [5.74, 6) is 0. The second kappa shape index (κ2) is 6.21. The van der Waals surface area contributed by atoms with Gasteiger partial charge < -0.3 is 0 Å². The topological polar surface area (TPSA) is 12.4 Å². The molecule has 0 aromatic carbocycles. The Balaban J connectivity index is 5.68. The van der Waals surface area contributed by atoms with Gasteiger partial charge in [-0.2, -0.15) is 13.2 Å². The molecule has 4 heteroatoms. The minimum atomic E-state index is -4.32. The lowest BCUT2D eigenvalue weighted by molar-refractivity contribution is -0.0916. The monoisotopic (exact) mass is 261 g/mol. The van der Waals surface area contributed by atoms with Gasteiger partial charge in [0.25, 0.3) is 0 Å². The average molecular weight is 261 g/mol. The first kappa shape index (κ1) is 16.9. The van der Waals surface area contributed by atoms with E-state index in [9.17, 15) is 13.2 Å². The molecule has 0 aromatic rings. The summed E-state index contributed by atoms with van der Waals surface area (Å²) in [6, 6.07) is 0. The number of nitrogens with zero attached hydrogens (tertiary/aromatic N) is 1. The summed E-state index contributed by atoms with van der Waals surface area (Å²) in [5, 5.41) is 0. The number of rotatable bonds is 4. The quantitative estimate of drug-likeness (QED) is 0.501. The van der Waals surface area contributed by atoms with Gasteiger partial charge in [-0.25, -0.2) is 0 Å². The van der Waals surface area contributed by atoms with Gasteiger partial charge >= 0.3 is 6.18 Å². The molecular weight excluding hydrogens is 239 g/mol. The van der Waals surface area contributed by atoms with E-state index < -0.39 is 11.7 Å². The predicted octanol–water partition coefficient (Wildman–Crippen LogP) is 4.95. The fraction of sp³-hybridized carbons (Fsp3) is 0.643. The molecule has 1 nitrogen and oxygen atoms in total. The van der Waals surface area contributed by atoms with E-state index in [2.05, 4.69) is 4.99 Å². The molecule has 0 heterocycles. The van der Waals surface area contributed by atoms with Gasteiger partial charge in [0.1, 0.15) is 0 Å². The van der Waals surface area contributed by atoms with Crippen LogP contribution >= 0.6 is 0 Å². The molecule has 0 spiro atoms. The van der Waals surface area contributed by atoms with Crippen molar-refractivity contribution in [3.63, 3.8) is 0 Å². The maximum atomic E-state index is 12.8. The van der Waals surface area contributed by atoms with Gasteiger partial charge in [-0.15, -0.1) is 0 Å². The highest BCUT2D eigenvalue weighted by atomic mass is 19.4. The minimum absolute atomic E-state index is 0.122. The number of allylic oxidation sites excluding steroid dienone is 4. The van der Waals surface area contributed by atoms with Crippen molar-refractivity contribution in [1.82, 2.24) is 0 Å². The minimum Gasteiger partial charge on any atom is -0.296 e. The van der Waals surface area contributed by atoms with E-state index in [1.54, 1.807) is 6.92 Å². The molecule has 0 saturated heterocycles. The molecule has 0 N–H and O–H groups in total. The average Bonchev–Trinajstić information content (AvgIpc) is 2.23. The van der Waals surface area contributed by atoms with Crippen molar-refractivity contribution in [2.24, 2.45) is 10.4 Å². The first-order valence-electron chi connectivity index (χ1n) is 5.95. The van der Waals surface area contributed by atoms with Gasteiger partial charge in [-0.1, -0.05) is 26.8 Å². The third kappa shape index (κ3) is 5.07. The van der Waals surface area contributed by atoms with E-state index in [0.717, 1.165) is 13.3 Å². The molecule has 0 saturated carbocycles. The van der Waals surface area contributed by atoms with Crippen LogP contribution in [0.3, 0.4) is 0 Å². The summed E-state index contributed by atoms with van der Waals surface area (Å²) in [5.41, 5.74) is 0.0468. The molecule has 0 rings (SSSR count). The molecule has 0 aliphatic rings. The molecule has 0 unspecified atom stereocenters. The third-order valence-electron chi connectivity index (χ3n) is 3.03. The smallest absolute Gasteiger partial charge is 0.296 e. The molecule has 0 aliphatic carbocycles. The zero-order valence-corrected chi connectivity index (χ0v) is 11.9. The van der Waals surface area contributed by atoms with Crippen LogP contribution in [0.2, 0.25) is 0 Å². The summed E-state index contributed by atoms with van der Waals surface area (Å²) in [6.45, 7) is 8.80. The number of aliphatic imine (C=N–C) groups is 1. The Morgan fingerprint density at radius 3 is 2.00 bits per heavy atom. The Hall–Kier alpha value is -1.06. The number of hydrogen-bond acceptors (Lipinski definition) is 1. The first-order valence-corrected chi connectivity index (χ1v) is 5.95. The van der Waals surface area contributed by atoms with Crippen molar-refractivity contribution in [3.05, 3.63) is 22.8 Å². The number of alkyl halides is 3. The second-order valence-corrected chi connectivity index (χ2v) is 5.09. The Morgan fingerprint density at radius 2 is 1.67 bits per heavy atom. The molecule has 18 heavy (non-hydrogen) atoms. The highest BCUT2D eigenvalue weighted by Gasteiger charge is 2.32. The Morgan fingerprint density at radius 1 is 1.17 bits per heavy atom. The maximum absolute atomic E-state index is 12.8. The summed E-state index contributed by atoms with van der Waals surface area (Å²) in [6.07, 6.45) is -0.298. The van der Waals surface area contributed by atoms with Crippen molar-refractivity contribution in [2.75, 3.05) is 7.05 Å². The molecule has 0 aliphatic heterocycles. The van der Waals surface area contributed by atoms with Crippen LogP contribution in [0.25, 0.3) is 0 Å². The lowest BCUT2D eigenvalue weighted by atomic mass is 9.86. The third-order valence-corrected chi connectivity index (χ3v) is 3.03. The molecular formula is C14H22F3N. The fourth-order valence-electron chi connectivity index (χ4n) is 1.54. The van der Waals surface area contributed by atoms with Gasteiger partial charge in [0, 0.05) is 24.4 Å². The SMILES string of the molecule is CCC(C)(C)/C=C(C)/C(C=NC)=C(/C)C(F)(F)F. The van der Waals surface area contributed by atoms with Crippen LogP contribution in [0.1, 0.15) is 41.0 Å². The normalized spacial score (nSPS) is 16.2. The van der Waals surface area contributed by atoms with E-state index in [4.69, 9.17) is 0 Å². The van der Waals surface area contributed by atoms with E-state index in [0.29, 0.717) is 5.57 Å². The Labute approximate surface area is 107 Å². The zero-order chi connectivity index (χ0) is 14.6. The van der Waals surface area contributed by atoms with Crippen LogP contribution in [-0.4, -0.2) is 19.4 Å². The molecule has 0 radical (unpaired) electrons.